The minimum atomic E-state index is 0.0122. The molecule has 1 aromatic heterocycles. The van der Waals surface area contributed by atoms with E-state index in [1.807, 2.05) is 37.3 Å². The zero-order chi connectivity index (χ0) is 17.8. The third kappa shape index (κ3) is 4.33. The van der Waals surface area contributed by atoms with E-state index in [1.165, 1.54) is 6.92 Å². The molecule has 126 valence electrons. The summed E-state index contributed by atoms with van der Waals surface area (Å²) in [6.07, 6.45) is 1.66. The number of carbonyl (C=O) groups is 1. The van der Waals surface area contributed by atoms with Gasteiger partial charge in [-0.15, -0.1) is 0 Å². The summed E-state index contributed by atoms with van der Waals surface area (Å²) in [5.41, 5.74) is 3.34. The summed E-state index contributed by atoms with van der Waals surface area (Å²) in [7, 11) is 0. The van der Waals surface area contributed by atoms with Gasteiger partial charge in [-0.3, -0.25) is 4.79 Å². The molecule has 0 spiro atoms. The largest absolute Gasteiger partial charge is 0.340 e. The average Bonchev–Trinajstić information content (AvgIpc) is 2.58. The predicted molar refractivity (Wildman–Crippen MR) is 101 cm³/mol. The molecule has 0 atom stereocenters. The number of rotatable bonds is 5. The maximum Gasteiger partial charge on any atom is 0.229 e. The number of benzene rings is 2. The van der Waals surface area contributed by atoms with Crippen LogP contribution in [0.1, 0.15) is 22.8 Å². The Morgan fingerprint density at radius 2 is 1.92 bits per heavy atom. The van der Waals surface area contributed by atoms with E-state index in [0.29, 0.717) is 22.4 Å². The van der Waals surface area contributed by atoms with E-state index in [1.54, 1.807) is 24.4 Å². The smallest absolute Gasteiger partial charge is 0.229 e. The van der Waals surface area contributed by atoms with Gasteiger partial charge in [0.1, 0.15) is 5.82 Å². The summed E-state index contributed by atoms with van der Waals surface area (Å²) in [5, 5.41) is 7.06. The predicted octanol–water partition coefficient (Wildman–Crippen LogP) is 5.13. The van der Waals surface area contributed by atoms with Gasteiger partial charge in [0.2, 0.25) is 5.95 Å². The molecule has 25 heavy (non-hydrogen) atoms. The Kier molecular flexibility index (Phi) is 4.95. The van der Waals surface area contributed by atoms with Crippen LogP contribution in [0, 0.1) is 6.92 Å². The topological polar surface area (TPSA) is 66.9 Å². The molecule has 0 radical (unpaired) electrons. The van der Waals surface area contributed by atoms with Gasteiger partial charge in [0.05, 0.1) is 0 Å². The molecular formula is C19H17ClN4O. The second-order valence-corrected chi connectivity index (χ2v) is 6.05. The van der Waals surface area contributed by atoms with Crippen molar-refractivity contribution in [3.63, 3.8) is 0 Å². The van der Waals surface area contributed by atoms with E-state index in [2.05, 4.69) is 20.6 Å². The molecule has 2 aromatic carbocycles. The molecule has 2 N–H and O–H groups in total. The Morgan fingerprint density at radius 1 is 1.08 bits per heavy atom. The number of carbonyl (C=O) groups excluding carboxylic acids is 1. The van der Waals surface area contributed by atoms with Crippen molar-refractivity contribution in [1.82, 2.24) is 9.97 Å². The van der Waals surface area contributed by atoms with Crippen molar-refractivity contribution in [3.8, 4) is 0 Å². The number of halogens is 1. The van der Waals surface area contributed by atoms with Crippen LogP contribution in [0.4, 0.5) is 23.1 Å². The Labute approximate surface area is 151 Å². The molecule has 3 aromatic rings. The summed E-state index contributed by atoms with van der Waals surface area (Å²) in [6, 6.07) is 14.6. The van der Waals surface area contributed by atoms with Crippen molar-refractivity contribution in [3.05, 3.63) is 70.9 Å². The van der Waals surface area contributed by atoms with Crippen LogP contribution in [0.5, 0.6) is 0 Å². The third-order valence-corrected chi connectivity index (χ3v) is 3.87. The van der Waals surface area contributed by atoms with E-state index in [0.717, 1.165) is 16.9 Å². The van der Waals surface area contributed by atoms with Crippen molar-refractivity contribution < 1.29 is 4.79 Å². The highest BCUT2D eigenvalue weighted by Gasteiger charge is 2.05. The second-order valence-electron chi connectivity index (χ2n) is 5.61. The van der Waals surface area contributed by atoms with Gasteiger partial charge in [0, 0.05) is 28.2 Å². The zero-order valence-electron chi connectivity index (χ0n) is 13.9. The highest BCUT2D eigenvalue weighted by atomic mass is 35.5. The maximum atomic E-state index is 11.5. The van der Waals surface area contributed by atoms with E-state index >= 15 is 0 Å². The van der Waals surface area contributed by atoms with Crippen molar-refractivity contribution >= 4 is 40.5 Å². The number of Topliss-reactive ketones (excluding diaryl/α,β-unsaturated/α-hetero) is 1. The number of hydrogen-bond donors (Lipinski definition) is 2. The lowest BCUT2D eigenvalue weighted by Gasteiger charge is -2.11. The van der Waals surface area contributed by atoms with Crippen LogP contribution in [-0.2, 0) is 0 Å². The molecule has 0 saturated carbocycles. The fraction of sp³-hybridized carbons (Fsp3) is 0.105. The lowest BCUT2D eigenvalue weighted by molar-refractivity contribution is 0.101. The van der Waals surface area contributed by atoms with Crippen LogP contribution in [0.25, 0.3) is 0 Å². The van der Waals surface area contributed by atoms with E-state index in [-0.39, 0.29) is 5.78 Å². The SMILES string of the molecule is CC(=O)c1cccc(Nc2nccc(Nc3ccc(Cl)cc3C)n2)c1. The van der Waals surface area contributed by atoms with Gasteiger partial charge < -0.3 is 10.6 Å². The molecule has 5 nitrogen and oxygen atoms in total. The number of hydrogen-bond acceptors (Lipinski definition) is 5. The first kappa shape index (κ1) is 16.9. The van der Waals surface area contributed by atoms with E-state index in [4.69, 9.17) is 11.6 Å². The van der Waals surface area contributed by atoms with Crippen molar-refractivity contribution in [1.29, 1.82) is 0 Å². The fourth-order valence-corrected chi connectivity index (χ4v) is 2.57. The van der Waals surface area contributed by atoms with Gasteiger partial charge in [-0.1, -0.05) is 23.7 Å². The normalized spacial score (nSPS) is 10.4. The van der Waals surface area contributed by atoms with Crippen LogP contribution in [0.3, 0.4) is 0 Å². The Bertz CT molecular complexity index is 927. The van der Waals surface area contributed by atoms with Gasteiger partial charge >= 0.3 is 0 Å². The quantitative estimate of drug-likeness (QED) is 0.623. The number of aromatic nitrogens is 2. The summed E-state index contributed by atoms with van der Waals surface area (Å²) >= 11 is 5.98. The van der Waals surface area contributed by atoms with Crippen LogP contribution >= 0.6 is 11.6 Å². The summed E-state index contributed by atoms with van der Waals surface area (Å²) in [5.74, 6) is 1.11. The van der Waals surface area contributed by atoms with Crippen molar-refractivity contribution in [2.24, 2.45) is 0 Å². The fourth-order valence-electron chi connectivity index (χ4n) is 2.34. The molecule has 1 heterocycles. The summed E-state index contributed by atoms with van der Waals surface area (Å²) < 4.78 is 0. The molecule has 0 aliphatic heterocycles. The van der Waals surface area contributed by atoms with Crippen LogP contribution < -0.4 is 10.6 Å². The highest BCUT2D eigenvalue weighted by Crippen LogP contribution is 2.23. The monoisotopic (exact) mass is 352 g/mol. The minimum absolute atomic E-state index is 0.0122. The first-order chi connectivity index (χ1) is 12.0. The Balaban J connectivity index is 1.79. The van der Waals surface area contributed by atoms with Crippen LogP contribution in [-0.4, -0.2) is 15.8 Å². The molecule has 0 unspecified atom stereocenters. The number of aryl methyl sites for hydroxylation is 1. The molecule has 3 rings (SSSR count). The van der Waals surface area contributed by atoms with Crippen LogP contribution in [0.15, 0.2) is 54.7 Å². The first-order valence-electron chi connectivity index (χ1n) is 7.75. The molecule has 0 aliphatic carbocycles. The van der Waals surface area contributed by atoms with Crippen molar-refractivity contribution in [2.45, 2.75) is 13.8 Å². The molecule has 0 amide bonds. The molecular weight excluding hydrogens is 336 g/mol. The summed E-state index contributed by atoms with van der Waals surface area (Å²) in [6.45, 7) is 3.51. The first-order valence-corrected chi connectivity index (χ1v) is 8.13. The van der Waals surface area contributed by atoms with E-state index in [9.17, 15) is 4.79 Å². The molecule has 6 heteroatoms. The second kappa shape index (κ2) is 7.32. The standard InChI is InChI=1S/C19H17ClN4O/c1-12-10-15(20)6-7-17(12)23-18-8-9-21-19(24-18)22-16-5-3-4-14(11-16)13(2)25/h3-11H,1-2H3,(H2,21,22,23,24). The molecule has 0 aliphatic rings. The zero-order valence-corrected chi connectivity index (χ0v) is 14.6. The van der Waals surface area contributed by atoms with Crippen LogP contribution in [0.2, 0.25) is 5.02 Å². The highest BCUT2D eigenvalue weighted by molar-refractivity contribution is 6.30. The Morgan fingerprint density at radius 3 is 2.68 bits per heavy atom. The minimum Gasteiger partial charge on any atom is -0.340 e. The average molecular weight is 353 g/mol. The Hall–Kier alpha value is -2.92. The van der Waals surface area contributed by atoms with E-state index < -0.39 is 0 Å². The number of nitrogens with one attached hydrogen (secondary N) is 2. The maximum absolute atomic E-state index is 11.5. The van der Waals surface area contributed by atoms with Gasteiger partial charge in [-0.25, -0.2) is 4.98 Å². The number of nitrogens with zero attached hydrogens (tertiary/aromatic N) is 2. The lowest BCUT2D eigenvalue weighted by Crippen LogP contribution is -2.02. The van der Waals surface area contributed by atoms with Gasteiger partial charge in [0.15, 0.2) is 5.78 Å². The van der Waals surface area contributed by atoms with Gasteiger partial charge in [-0.2, -0.15) is 4.98 Å². The molecule has 0 bridgehead atoms. The molecule has 0 fully saturated rings. The summed E-state index contributed by atoms with van der Waals surface area (Å²) in [4.78, 5) is 20.2. The number of anilines is 4. The van der Waals surface area contributed by atoms with Gasteiger partial charge in [0.25, 0.3) is 0 Å². The third-order valence-electron chi connectivity index (χ3n) is 3.63. The lowest BCUT2D eigenvalue weighted by atomic mass is 10.1. The number of ketones is 1. The molecule has 0 saturated heterocycles. The van der Waals surface area contributed by atoms with Crippen molar-refractivity contribution in [2.75, 3.05) is 10.6 Å². The van der Waals surface area contributed by atoms with Gasteiger partial charge in [-0.05, 0) is 55.8 Å².